The van der Waals surface area contributed by atoms with Crippen LogP contribution >= 0.6 is 11.8 Å². The summed E-state index contributed by atoms with van der Waals surface area (Å²) in [4.78, 5) is 24.8. The maximum Gasteiger partial charge on any atom is 0.310 e. The number of esters is 1. The lowest BCUT2D eigenvalue weighted by Crippen LogP contribution is -2.45. The largest absolute Gasteiger partial charge is 0.481 e. The second-order valence-electron chi connectivity index (χ2n) is 14.5. The van der Waals surface area contributed by atoms with E-state index in [1.54, 1.807) is 11.8 Å². The molecule has 0 aromatic rings. The Morgan fingerprint density at radius 3 is 2.23 bits per heavy atom. The molecule has 0 aromatic heterocycles. The number of carbonyl (C=O) groups excluding carboxylic acids is 1. The highest BCUT2D eigenvalue weighted by molar-refractivity contribution is 8.03. The summed E-state index contributed by atoms with van der Waals surface area (Å²) in [5.41, 5.74) is 0. The summed E-state index contributed by atoms with van der Waals surface area (Å²) in [6.45, 7) is 25.1. The second kappa shape index (κ2) is 18.5. The van der Waals surface area contributed by atoms with Gasteiger partial charge in [0.2, 0.25) is 0 Å². The predicted molar refractivity (Wildman–Crippen MR) is 191 cm³/mol. The number of carboxylic acids is 1. The van der Waals surface area contributed by atoms with Crippen LogP contribution in [-0.4, -0.2) is 55.3 Å². The third-order valence-corrected chi connectivity index (χ3v) is 22.8. The highest BCUT2D eigenvalue weighted by Gasteiger charge is 2.45. The van der Waals surface area contributed by atoms with E-state index in [2.05, 4.69) is 79.5 Å². The van der Waals surface area contributed by atoms with Crippen LogP contribution in [0.3, 0.4) is 0 Å². The van der Waals surface area contributed by atoms with E-state index in [1.165, 1.54) is 19.3 Å². The molecule has 0 radical (unpaired) electrons. The highest BCUT2D eigenvalue weighted by atomic mass is 32.2. The molecule has 0 bridgehead atoms. The van der Waals surface area contributed by atoms with E-state index in [1.807, 2.05) is 6.92 Å². The molecule has 43 heavy (non-hydrogen) atoms. The summed E-state index contributed by atoms with van der Waals surface area (Å²) in [5.74, 6) is 0.759. The zero-order chi connectivity index (χ0) is 32.9. The van der Waals surface area contributed by atoms with Crippen molar-refractivity contribution in [2.24, 2.45) is 5.92 Å². The van der Waals surface area contributed by atoms with Gasteiger partial charge in [0.1, 0.15) is 15.5 Å². The Labute approximate surface area is 272 Å². The summed E-state index contributed by atoms with van der Waals surface area (Å²) in [6.07, 6.45) is 13.7. The molecule has 0 saturated heterocycles. The molecule has 0 spiro atoms. The predicted octanol–water partition coefficient (Wildman–Crippen LogP) is 9.58. The quantitative estimate of drug-likeness (QED) is 0.0563. The fourth-order valence-electron chi connectivity index (χ4n) is 5.27. The van der Waals surface area contributed by atoms with Crippen LogP contribution in [0.4, 0.5) is 0 Å². The lowest BCUT2D eigenvalue weighted by Gasteiger charge is -2.42. The summed E-state index contributed by atoms with van der Waals surface area (Å²) >= 11 is 1.77. The zero-order valence-electron chi connectivity index (χ0n) is 29.4. The highest BCUT2D eigenvalue weighted by Crippen LogP contribution is 2.49. The molecule has 1 aliphatic carbocycles. The Balaban J connectivity index is 3.42. The molecule has 1 aliphatic rings. The number of thioether (sulfide) groups is 1. The molecule has 0 amide bonds. The summed E-state index contributed by atoms with van der Waals surface area (Å²) in [5, 5.41) is 9.22. The number of aliphatic carboxylic acids is 1. The number of carboxylic acid groups (broad SMARTS) is 1. The van der Waals surface area contributed by atoms with Crippen molar-refractivity contribution in [3.8, 4) is 0 Å². The van der Waals surface area contributed by atoms with Crippen LogP contribution in [0.1, 0.15) is 112 Å². The van der Waals surface area contributed by atoms with Gasteiger partial charge < -0.3 is 18.4 Å². The minimum absolute atomic E-state index is 0.0317. The van der Waals surface area contributed by atoms with Gasteiger partial charge in [-0.25, -0.2) is 0 Å². The smallest absolute Gasteiger partial charge is 0.310 e. The number of allylic oxidation sites excluding steroid dienone is 1. The topological polar surface area (TPSA) is 82.1 Å². The van der Waals surface area contributed by atoms with Crippen molar-refractivity contribution < 1.29 is 28.0 Å². The van der Waals surface area contributed by atoms with Gasteiger partial charge in [-0.1, -0.05) is 79.5 Å². The zero-order valence-corrected chi connectivity index (χ0v) is 33.6. The number of ether oxygens (including phenoxy) is 1. The van der Waals surface area contributed by atoms with Crippen LogP contribution in [0.15, 0.2) is 22.8 Å². The molecule has 0 fully saturated rings. The summed E-state index contributed by atoms with van der Waals surface area (Å²) < 4.78 is 19.7. The van der Waals surface area contributed by atoms with Crippen molar-refractivity contribution in [1.29, 1.82) is 0 Å². The molecular weight excluding hydrogens is 609 g/mol. The maximum atomic E-state index is 12.7. The van der Waals surface area contributed by atoms with E-state index in [0.717, 1.165) is 42.1 Å². The van der Waals surface area contributed by atoms with Crippen molar-refractivity contribution in [3.05, 3.63) is 22.8 Å². The van der Waals surface area contributed by atoms with E-state index < -0.39 is 32.4 Å². The van der Waals surface area contributed by atoms with Gasteiger partial charge in [0.15, 0.2) is 16.6 Å². The lowest BCUT2D eigenvalue weighted by molar-refractivity contribution is -0.140. The molecule has 0 unspecified atom stereocenters. The average Bonchev–Trinajstić information content (AvgIpc) is 3.18. The van der Waals surface area contributed by atoms with Gasteiger partial charge in [-0.05, 0) is 74.1 Å². The third-order valence-electron chi connectivity index (χ3n) is 9.55. The Hall–Kier alpha value is -0.659. The molecule has 0 aliphatic heterocycles. The fraction of sp³-hybridized carbons (Fsp3) is 0.818. The van der Waals surface area contributed by atoms with Crippen LogP contribution in [0.25, 0.3) is 0 Å². The van der Waals surface area contributed by atoms with Gasteiger partial charge in [-0.3, -0.25) is 9.59 Å². The SMILES string of the molecule is CCCC[C@@](C)(C/C=C/[C@@H]1C(SCCCCCC(=O)O)=C(OC(=O)CCC)C[C@H]1O[Si](C)(C)C(C)(C)C)[Si](C)(C)O[SiH2]C. The van der Waals surface area contributed by atoms with Crippen molar-refractivity contribution in [3.63, 3.8) is 0 Å². The first-order chi connectivity index (χ1) is 19.9. The summed E-state index contributed by atoms with van der Waals surface area (Å²) in [7, 11) is -4.49. The molecule has 3 atom stereocenters. The lowest BCUT2D eigenvalue weighted by atomic mass is 9.97. The maximum absolute atomic E-state index is 12.7. The van der Waals surface area contributed by atoms with Crippen LogP contribution in [0.5, 0.6) is 0 Å². The molecule has 250 valence electrons. The van der Waals surface area contributed by atoms with Gasteiger partial charge in [0.25, 0.3) is 0 Å². The van der Waals surface area contributed by atoms with Crippen molar-refractivity contribution >= 4 is 50.1 Å². The van der Waals surface area contributed by atoms with E-state index >= 15 is 0 Å². The van der Waals surface area contributed by atoms with E-state index in [-0.39, 0.29) is 34.5 Å². The molecule has 0 heterocycles. The number of hydrogen-bond acceptors (Lipinski definition) is 6. The Morgan fingerprint density at radius 1 is 1.00 bits per heavy atom. The number of rotatable bonds is 21. The van der Waals surface area contributed by atoms with Gasteiger partial charge in [-0.15, -0.1) is 11.8 Å². The van der Waals surface area contributed by atoms with Crippen LogP contribution in [-0.2, 0) is 22.9 Å². The minimum Gasteiger partial charge on any atom is -0.481 e. The fourth-order valence-corrected chi connectivity index (χ4v) is 13.6. The first kappa shape index (κ1) is 40.4. The first-order valence-corrected chi connectivity index (χ1v) is 25.5. The molecule has 10 heteroatoms. The number of hydrogen-bond donors (Lipinski definition) is 1. The summed E-state index contributed by atoms with van der Waals surface area (Å²) in [6, 6.07) is 0. The van der Waals surface area contributed by atoms with E-state index in [4.69, 9.17) is 18.4 Å². The molecule has 1 rings (SSSR count). The van der Waals surface area contributed by atoms with Crippen molar-refractivity contribution in [2.75, 3.05) is 5.75 Å². The first-order valence-electron chi connectivity index (χ1n) is 16.7. The van der Waals surface area contributed by atoms with Crippen molar-refractivity contribution in [2.45, 2.75) is 161 Å². The van der Waals surface area contributed by atoms with Crippen LogP contribution < -0.4 is 0 Å². The minimum atomic E-state index is -2.09. The van der Waals surface area contributed by atoms with Crippen molar-refractivity contribution in [1.82, 2.24) is 0 Å². The number of carbonyl (C=O) groups is 2. The Morgan fingerprint density at radius 2 is 1.67 bits per heavy atom. The molecule has 6 nitrogen and oxygen atoms in total. The van der Waals surface area contributed by atoms with Gasteiger partial charge in [-0.2, -0.15) is 0 Å². The number of unbranched alkanes of at least 4 members (excludes halogenated alkanes) is 3. The average molecular weight is 673 g/mol. The Bertz CT molecular complexity index is 943. The monoisotopic (exact) mass is 672 g/mol. The molecule has 0 saturated carbocycles. The van der Waals surface area contributed by atoms with Crippen LogP contribution in [0.2, 0.25) is 42.8 Å². The Kier molecular flexibility index (Phi) is 17.3. The van der Waals surface area contributed by atoms with Gasteiger partial charge in [0, 0.05) is 30.1 Å². The third kappa shape index (κ3) is 12.9. The normalized spacial score (nSPS) is 20.0. The second-order valence-corrected chi connectivity index (χ2v) is 26.3. The molecule has 0 aromatic carbocycles. The molecule has 1 N–H and O–H groups in total. The van der Waals surface area contributed by atoms with E-state index in [9.17, 15) is 9.59 Å². The van der Waals surface area contributed by atoms with Gasteiger partial charge >= 0.3 is 11.9 Å². The molecular formula is C33H64O6SSi3. The standard InChI is InChI=1S/C33H64O6SSi3/c1-12-14-22-33(6,43(10,11)39-41-7)23-18-20-26-27(38-42(8,9)32(3,4)5)25-28(37-30(36)19-13-2)31(26)40-24-17-15-16-21-29(34)35/h18,20,26-27H,12-17,19,21-25,41H2,1-11H3,(H,34,35)/b20-18+/t26-,27+,33-/m0/s1. The van der Waals surface area contributed by atoms with Gasteiger partial charge in [0.05, 0.1) is 6.10 Å². The van der Waals surface area contributed by atoms with E-state index in [0.29, 0.717) is 19.3 Å². The van der Waals surface area contributed by atoms with Crippen LogP contribution in [0, 0.1) is 5.92 Å².